The quantitative estimate of drug-likeness (QED) is 0.916. The van der Waals surface area contributed by atoms with Crippen molar-refractivity contribution >= 4 is 17.2 Å². The summed E-state index contributed by atoms with van der Waals surface area (Å²) in [6, 6.07) is 7.84. The maximum atomic E-state index is 12.4. The number of hydrogen-bond donors (Lipinski definition) is 1. The average molecular weight is 328 g/mol. The van der Waals surface area contributed by atoms with Gasteiger partial charge in [0.2, 0.25) is 0 Å². The van der Waals surface area contributed by atoms with Crippen LogP contribution in [0.5, 0.6) is 0 Å². The lowest BCUT2D eigenvalue weighted by atomic mass is 9.72. The van der Waals surface area contributed by atoms with Gasteiger partial charge in [-0.1, -0.05) is 26.8 Å². The molecule has 1 N–H and O–H groups in total. The summed E-state index contributed by atoms with van der Waals surface area (Å²) in [5, 5.41) is 2.97. The van der Waals surface area contributed by atoms with Crippen LogP contribution < -0.4 is 5.32 Å². The van der Waals surface area contributed by atoms with E-state index in [1.807, 2.05) is 18.2 Å². The number of nitrogens with zero attached hydrogens (tertiary/aromatic N) is 1. The summed E-state index contributed by atoms with van der Waals surface area (Å²) in [6.07, 6.45) is 5.18. The number of pyridine rings is 1. The van der Waals surface area contributed by atoms with E-state index in [1.165, 1.54) is 16.9 Å². The maximum Gasteiger partial charge on any atom is 0.261 e. The van der Waals surface area contributed by atoms with Crippen LogP contribution >= 0.6 is 11.3 Å². The smallest absolute Gasteiger partial charge is 0.261 e. The highest BCUT2D eigenvalue weighted by atomic mass is 32.1. The molecule has 3 rings (SSSR count). The van der Waals surface area contributed by atoms with Gasteiger partial charge in [0.15, 0.2) is 0 Å². The van der Waals surface area contributed by atoms with E-state index >= 15 is 0 Å². The summed E-state index contributed by atoms with van der Waals surface area (Å²) in [5.74, 6) is 0.719. The summed E-state index contributed by atoms with van der Waals surface area (Å²) >= 11 is 1.66. The Kier molecular flexibility index (Phi) is 4.53. The molecular formula is C19H24N2OS. The highest BCUT2D eigenvalue weighted by Crippen LogP contribution is 2.40. The molecule has 2 heterocycles. The molecule has 122 valence electrons. The Labute approximate surface area is 142 Å². The van der Waals surface area contributed by atoms with Gasteiger partial charge in [-0.05, 0) is 54.4 Å². The maximum absolute atomic E-state index is 12.4. The number of hydrogen-bond acceptors (Lipinski definition) is 3. The first-order valence-electron chi connectivity index (χ1n) is 8.23. The van der Waals surface area contributed by atoms with E-state index in [0.717, 1.165) is 23.4 Å². The van der Waals surface area contributed by atoms with Crippen LogP contribution in [-0.2, 0) is 19.4 Å². The minimum Gasteiger partial charge on any atom is -0.346 e. The summed E-state index contributed by atoms with van der Waals surface area (Å²) in [7, 11) is 0. The van der Waals surface area contributed by atoms with Crippen molar-refractivity contribution in [3.8, 4) is 0 Å². The normalized spacial score (nSPS) is 17.6. The van der Waals surface area contributed by atoms with Gasteiger partial charge in [0.05, 0.1) is 17.1 Å². The van der Waals surface area contributed by atoms with E-state index in [9.17, 15) is 4.79 Å². The molecule has 2 aromatic heterocycles. The van der Waals surface area contributed by atoms with E-state index in [-0.39, 0.29) is 5.91 Å². The van der Waals surface area contributed by atoms with Crippen molar-refractivity contribution in [1.82, 2.24) is 10.3 Å². The predicted octanol–water partition coefficient (Wildman–Crippen LogP) is 4.22. The number of amides is 1. The second-order valence-electron chi connectivity index (χ2n) is 7.37. The second kappa shape index (κ2) is 6.44. The fraction of sp³-hybridized carbons (Fsp3) is 0.474. The number of aryl methyl sites for hydroxylation is 1. The van der Waals surface area contributed by atoms with Crippen molar-refractivity contribution in [2.45, 2.75) is 46.6 Å². The number of fused-ring (bicyclic) bond motifs is 1. The molecule has 0 aliphatic heterocycles. The van der Waals surface area contributed by atoms with Crippen molar-refractivity contribution in [3.05, 3.63) is 51.5 Å². The lowest BCUT2D eigenvalue weighted by molar-refractivity contribution is 0.0954. The van der Waals surface area contributed by atoms with Gasteiger partial charge in [-0.2, -0.15) is 0 Å². The molecule has 3 nitrogen and oxygen atoms in total. The zero-order valence-electron chi connectivity index (χ0n) is 14.1. The van der Waals surface area contributed by atoms with Gasteiger partial charge in [0.1, 0.15) is 0 Å². The molecular weight excluding hydrogens is 304 g/mol. The Balaban J connectivity index is 1.66. The minimum atomic E-state index is 0.0161. The van der Waals surface area contributed by atoms with Crippen LogP contribution in [0, 0.1) is 11.3 Å². The Hall–Kier alpha value is -1.68. The first-order chi connectivity index (χ1) is 10.9. The lowest BCUT2D eigenvalue weighted by Crippen LogP contribution is -2.26. The summed E-state index contributed by atoms with van der Waals surface area (Å²) in [4.78, 5) is 18.9. The molecule has 0 saturated carbocycles. The molecule has 0 spiro atoms. The topological polar surface area (TPSA) is 42.0 Å². The van der Waals surface area contributed by atoms with Crippen molar-refractivity contribution in [1.29, 1.82) is 0 Å². The molecule has 0 aromatic carbocycles. The first-order valence-corrected chi connectivity index (χ1v) is 9.05. The van der Waals surface area contributed by atoms with Crippen LogP contribution in [0.15, 0.2) is 30.5 Å². The molecule has 1 atom stereocenters. The van der Waals surface area contributed by atoms with Crippen LogP contribution in [0.2, 0.25) is 0 Å². The molecule has 0 bridgehead atoms. The van der Waals surface area contributed by atoms with Gasteiger partial charge < -0.3 is 5.32 Å². The van der Waals surface area contributed by atoms with Crippen molar-refractivity contribution in [3.63, 3.8) is 0 Å². The van der Waals surface area contributed by atoms with Crippen LogP contribution in [0.25, 0.3) is 0 Å². The molecule has 0 radical (unpaired) electrons. The monoisotopic (exact) mass is 328 g/mol. The zero-order valence-corrected chi connectivity index (χ0v) is 14.9. The standard InChI is InChI=1S/C19H24N2OS/c1-19(2,3)14-7-8-16-13(10-14)11-17(23-16)18(22)21-12-15-6-4-5-9-20-15/h4-6,9,11,14H,7-8,10,12H2,1-3H3,(H,21,22). The third kappa shape index (κ3) is 3.81. The van der Waals surface area contributed by atoms with Crippen LogP contribution in [0.1, 0.15) is 53.0 Å². The van der Waals surface area contributed by atoms with Crippen LogP contribution in [0.4, 0.5) is 0 Å². The Bertz CT molecular complexity index is 685. The molecule has 1 amide bonds. The number of rotatable bonds is 3. The summed E-state index contributed by atoms with van der Waals surface area (Å²) in [5.41, 5.74) is 2.60. The average Bonchev–Trinajstić information content (AvgIpc) is 2.96. The van der Waals surface area contributed by atoms with Crippen LogP contribution in [0.3, 0.4) is 0 Å². The Morgan fingerprint density at radius 2 is 2.22 bits per heavy atom. The molecule has 0 fully saturated rings. The molecule has 1 unspecified atom stereocenters. The summed E-state index contributed by atoms with van der Waals surface area (Å²) in [6.45, 7) is 7.42. The highest BCUT2D eigenvalue weighted by Gasteiger charge is 2.30. The molecule has 4 heteroatoms. The van der Waals surface area contributed by atoms with E-state index in [0.29, 0.717) is 17.9 Å². The van der Waals surface area contributed by atoms with E-state index in [1.54, 1.807) is 17.5 Å². The number of nitrogens with one attached hydrogen (secondary N) is 1. The third-order valence-electron chi connectivity index (χ3n) is 4.69. The number of carbonyl (C=O) groups is 1. The number of carbonyl (C=O) groups excluding carboxylic acids is 1. The molecule has 0 saturated heterocycles. The van der Waals surface area contributed by atoms with Gasteiger partial charge in [-0.25, -0.2) is 0 Å². The highest BCUT2D eigenvalue weighted by molar-refractivity contribution is 7.14. The largest absolute Gasteiger partial charge is 0.346 e. The zero-order chi connectivity index (χ0) is 16.4. The van der Waals surface area contributed by atoms with Gasteiger partial charge in [-0.3, -0.25) is 9.78 Å². The minimum absolute atomic E-state index is 0.0161. The van der Waals surface area contributed by atoms with Crippen LogP contribution in [-0.4, -0.2) is 10.9 Å². The molecule has 1 aliphatic carbocycles. The Morgan fingerprint density at radius 3 is 2.91 bits per heavy atom. The third-order valence-corrected chi connectivity index (χ3v) is 5.92. The lowest BCUT2D eigenvalue weighted by Gasteiger charge is -2.33. The van der Waals surface area contributed by atoms with Crippen molar-refractivity contribution in [2.24, 2.45) is 11.3 Å². The first kappa shape index (κ1) is 16.2. The van der Waals surface area contributed by atoms with Gasteiger partial charge in [0.25, 0.3) is 5.91 Å². The van der Waals surface area contributed by atoms with E-state index in [2.05, 4.69) is 37.1 Å². The fourth-order valence-electron chi connectivity index (χ4n) is 3.14. The van der Waals surface area contributed by atoms with E-state index in [4.69, 9.17) is 0 Å². The summed E-state index contributed by atoms with van der Waals surface area (Å²) < 4.78 is 0. The Morgan fingerprint density at radius 1 is 1.39 bits per heavy atom. The van der Waals surface area contributed by atoms with E-state index < -0.39 is 0 Å². The SMILES string of the molecule is CC(C)(C)C1CCc2sc(C(=O)NCc3ccccn3)cc2C1. The van der Waals surface area contributed by atoms with Gasteiger partial charge >= 0.3 is 0 Å². The predicted molar refractivity (Wildman–Crippen MR) is 94.7 cm³/mol. The fourth-order valence-corrected chi connectivity index (χ4v) is 4.26. The molecule has 23 heavy (non-hydrogen) atoms. The number of thiophene rings is 1. The van der Waals surface area contributed by atoms with Crippen molar-refractivity contribution < 1.29 is 4.79 Å². The van der Waals surface area contributed by atoms with Gasteiger partial charge in [0, 0.05) is 11.1 Å². The molecule has 2 aromatic rings. The van der Waals surface area contributed by atoms with Crippen molar-refractivity contribution in [2.75, 3.05) is 0 Å². The number of aromatic nitrogens is 1. The van der Waals surface area contributed by atoms with Gasteiger partial charge in [-0.15, -0.1) is 11.3 Å². The molecule has 1 aliphatic rings. The second-order valence-corrected chi connectivity index (χ2v) is 8.51.